The van der Waals surface area contributed by atoms with Gasteiger partial charge >= 0.3 is 0 Å². The molecule has 1 aromatic heterocycles. The predicted octanol–water partition coefficient (Wildman–Crippen LogP) is 5.43. The lowest BCUT2D eigenvalue weighted by Crippen LogP contribution is -2.06. The van der Waals surface area contributed by atoms with E-state index in [9.17, 15) is 4.79 Å². The highest BCUT2D eigenvalue weighted by Gasteiger charge is 2.18. The van der Waals surface area contributed by atoms with E-state index in [0.717, 1.165) is 5.56 Å². The topological polar surface area (TPSA) is 66.2 Å². The minimum atomic E-state index is -0.123. The molecule has 0 spiro atoms. The maximum absolute atomic E-state index is 12.6. The van der Waals surface area contributed by atoms with Gasteiger partial charge in [0.25, 0.3) is 0 Å². The standard InChI is InChI=1S/C21H19Cl2N3O3S/c1-4-9-26-20(13-5-8-18(28-2)19(10-13)29-3)24-25-21(26)30-12-17(27)15-7-6-14(22)11-16(15)23/h4-8,10-11H,1,9,12H2,2-3H3. The van der Waals surface area contributed by atoms with Crippen molar-refractivity contribution in [2.24, 2.45) is 0 Å². The van der Waals surface area contributed by atoms with Gasteiger partial charge in [-0.1, -0.05) is 41.0 Å². The molecule has 0 aliphatic carbocycles. The largest absolute Gasteiger partial charge is 0.493 e. The number of benzene rings is 2. The van der Waals surface area contributed by atoms with Gasteiger partial charge in [0.1, 0.15) is 0 Å². The summed E-state index contributed by atoms with van der Waals surface area (Å²) >= 11 is 13.3. The second-order valence-corrected chi connectivity index (χ2v) is 7.90. The van der Waals surface area contributed by atoms with Crippen LogP contribution in [0, 0.1) is 0 Å². The number of methoxy groups -OCH3 is 2. The Balaban J connectivity index is 1.86. The van der Waals surface area contributed by atoms with Gasteiger partial charge in [-0.15, -0.1) is 16.8 Å². The minimum absolute atomic E-state index is 0.123. The van der Waals surface area contributed by atoms with E-state index < -0.39 is 0 Å². The Morgan fingerprint density at radius 2 is 1.90 bits per heavy atom. The molecule has 0 atom stereocenters. The van der Waals surface area contributed by atoms with E-state index in [1.807, 2.05) is 16.7 Å². The molecule has 0 radical (unpaired) electrons. The van der Waals surface area contributed by atoms with Gasteiger partial charge in [-0.3, -0.25) is 9.36 Å². The van der Waals surface area contributed by atoms with Crippen molar-refractivity contribution in [3.8, 4) is 22.9 Å². The molecular weight excluding hydrogens is 445 g/mol. The number of hydrogen-bond acceptors (Lipinski definition) is 6. The van der Waals surface area contributed by atoms with Crippen LogP contribution in [0.1, 0.15) is 10.4 Å². The molecule has 3 aromatic rings. The summed E-state index contributed by atoms with van der Waals surface area (Å²) in [6.07, 6.45) is 1.75. The van der Waals surface area contributed by atoms with Gasteiger partial charge in [0.05, 0.1) is 25.0 Å². The minimum Gasteiger partial charge on any atom is -0.493 e. The number of ether oxygens (including phenoxy) is 2. The fourth-order valence-electron chi connectivity index (χ4n) is 2.80. The van der Waals surface area contributed by atoms with Crippen LogP contribution in [0.5, 0.6) is 11.5 Å². The highest BCUT2D eigenvalue weighted by atomic mass is 35.5. The van der Waals surface area contributed by atoms with E-state index in [-0.39, 0.29) is 11.5 Å². The van der Waals surface area contributed by atoms with Gasteiger partial charge in [0.2, 0.25) is 0 Å². The van der Waals surface area contributed by atoms with E-state index in [1.165, 1.54) is 11.8 Å². The van der Waals surface area contributed by atoms with Crippen molar-refractivity contribution in [3.05, 3.63) is 64.7 Å². The number of ketones is 1. The molecule has 3 rings (SSSR count). The number of allylic oxidation sites excluding steroid dienone is 1. The third-order valence-corrected chi connectivity index (χ3v) is 5.75. The number of Topliss-reactive ketones (excluding diaryl/α,β-unsaturated/α-hetero) is 1. The first-order valence-corrected chi connectivity index (χ1v) is 10.6. The molecule has 1 heterocycles. The second kappa shape index (κ2) is 10.0. The number of rotatable bonds is 9. The smallest absolute Gasteiger partial charge is 0.192 e. The SMILES string of the molecule is C=CCn1c(SCC(=O)c2ccc(Cl)cc2Cl)nnc1-c1ccc(OC)c(OC)c1. The molecule has 0 aliphatic heterocycles. The molecule has 0 N–H and O–H groups in total. The van der Waals surface area contributed by atoms with Crippen LogP contribution in [0.15, 0.2) is 54.2 Å². The maximum atomic E-state index is 12.6. The lowest BCUT2D eigenvalue weighted by atomic mass is 10.1. The lowest BCUT2D eigenvalue weighted by molar-refractivity contribution is 0.102. The van der Waals surface area contributed by atoms with Crippen LogP contribution < -0.4 is 9.47 Å². The van der Waals surface area contributed by atoms with E-state index in [4.69, 9.17) is 32.7 Å². The number of aromatic nitrogens is 3. The average molecular weight is 464 g/mol. The van der Waals surface area contributed by atoms with E-state index >= 15 is 0 Å². The molecule has 0 saturated heterocycles. The first-order chi connectivity index (χ1) is 14.5. The Hall–Kier alpha value is -2.48. The van der Waals surface area contributed by atoms with Gasteiger partial charge < -0.3 is 9.47 Å². The molecule has 156 valence electrons. The highest BCUT2D eigenvalue weighted by Crippen LogP contribution is 2.33. The number of nitrogens with zero attached hydrogens (tertiary/aromatic N) is 3. The fourth-order valence-corrected chi connectivity index (χ4v) is 4.15. The quantitative estimate of drug-likeness (QED) is 0.239. The Morgan fingerprint density at radius 1 is 1.13 bits per heavy atom. The van der Waals surface area contributed by atoms with Gasteiger partial charge in [-0.05, 0) is 36.4 Å². The van der Waals surface area contributed by atoms with Crippen LogP contribution in [0.4, 0.5) is 0 Å². The zero-order valence-corrected chi connectivity index (χ0v) is 18.7. The van der Waals surface area contributed by atoms with E-state index in [0.29, 0.717) is 44.6 Å². The van der Waals surface area contributed by atoms with Crippen molar-refractivity contribution >= 4 is 40.7 Å². The van der Waals surface area contributed by atoms with Crippen LogP contribution in [0.25, 0.3) is 11.4 Å². The van der Waals surface area contributed by atoms with Crippen molar-refractivity contribution in [3.63, 3.8) is 0 Å². The van der Waals surface area contributed by atoms with Crippen molar-refractivity contribution < 1.29 is 14.3 Å². The summed E-state index contributed by atoms with van der Waals surface area (Å²) in [4.78, 5) is 12.6. The first-order valence-electron chi connectivity index (χ1n) is 8.86. The molecule has 0 amide bonds. The van der Waals surface area contributed by atoms with Crippen molar-refractivity contribution in [2.75, 3.05) is 20.0 Å². The molecule has 6 nitrogen and oxygen atoms in total. The predicted molar refractivity (Wildman–Crippen MR) is 120 cm³/mol. The van der Waals surface area contributed by atoms with Crippen LogP contribution in [0.2, 0.25) is 10.0 Å². The van der Waals surface area contributed by atoms with Gasteiger partial charge in [0, 0.05) is 22.7 Å². The molecule has 2 aromatic carbocycles. The summed E-state index contributed by atoms with van der Waals surface area (Å²) in [7, 11) is 3.15. The number of carbonyl (C=O) groups is 1. The molecule has 0 aliphatic rings. The molecule has 0 bridgehead atoms. The molecule has 0 fully saturated rings. The number of halogens is 2. The van der Waals surface area contributed by atoms with Crippen LogP contribution in [-0.2, 0) is 6.54 Å². The van der Waals surface area contributed by atoms with Crippen LogP contribution in [0.3, 0.4) is 0 Å². The molecule has 30 heavy (non-hydrogen) atoms. The van der Waals surface area contributed by atoms with Crippen molar-refractivity contribution in [1.82, 2.24) is 14.8 Å². The Kier molecular flexibility index (Phi) is 7.42. The second-order valence-electron chi connectivity index (χ2n) is 6.11. The number of thioether (sulfide) groups is 1. The Morgan fingerprint density at radius 3 is 2.57 bits per heavy atom. The van der Waals surface area contributed by atoms with E-state index in [2.05, 4.69) is 16.8 Å². The summed E-state index contributed by atoms with van der Waals surface area (Å²) in [5.41, 5.74) is 1.23. The Labute approximate surface area is 188 Å². The summed E-state index contributed by atoms with van der Waals surface area (Å²) < 4.78 is 12.6. The number of carbonyl (C=O) groups excluding carboxylic acids is 1. The van der Waals surface area contributed by atoms with Gasteiger partial charge in [-0.2, -0.15) is 0 Å². The van der Waals surface area contributed by atoms with Crippen molar-refractivity contribution in [2.45, 2.75) is 11.7 Å². The maximum Gasteiger partial charge on any atom is 0.192 e. The summed E-state index contributed by atoms with van der Waals surface area (Å²) in [6.45, 7) is 4.29. The normalized spacial score (nSPS) is 10.7. The van der Waals surface area contributed by atoms with Crippen LogP contribution >= 0.6 is 35.0 Å². The lowest BCUT2D eigenvalue weighted by Gasteiger charge is -2.11. The highest BCUT2D eigenvalue weighted by molar-refractivity contribution is 7.99. The molecule has 9 heteroatoms. The number of hydrogen-bond donors (Lipinski definition) is 0. The first kappa shape index (κ1) is 22.2. The van der Waals surface area contributed by atoms with E-state index in [1.54, 1.807) is 44.6 Å². The molecule has 0 saturated carbocycles. The van der Waals surface area contributed by atoms with Crippen molar-refractivity contribution in [1.29, 1.82) is 0 Å². The summed E-state index contributed by atoms with van der Waals surface area (Å²) in [6, 6.07) is 10.3. The van der Waals surface area contributed by atoms with Crippen LogP contribution in [-0.4, -0.2) is 40.5 Å². The third-order valence-electron chi connectivity index (χ3n) is 4.23. The summed E-state index contributed by atoms with van der Waals surface area (Å²) in [5, 5.41) is 9.97. The Bertz CT molecular complexity index is 1090. The van der Waals surface area contributed by atoms with Gasteiger partial charge in [-0.25, -0.2) is 0 Å². The molecular formula is C21H19Cl2N3O3S. The third kappa shape index (κ3) is 4.80. The monoisotopic (exact) mass is 463 g/mol. The zero-order chi connectivity index (χ0) is 21.7. The fraction of sp³-hybridized carbons (Fsp3) is 0.190. The van der Waals surface area contributed by atoms with Gasteiger partial charge in [0.15, 0.2) is 28.3 Å². The average Bonchev–Trinajstić information content (AvgIpc) is 3.14. The zero-order valence-electron chi connectivity index (χ0n) is 16.4. The summed E-state index contributed by atoms with van der Waals surface area (Å²) in [5.74, 6) is 1.88. The molecule has 0 unspecified atom stereocenters.